The summed E-state index contributed by atoms with van der Waals surface area (Å²) in [5, 5.41) is 3.67. The van der Waals surface area contributed by atoms with Crippen LogP contribution in [0.5, 0.6) is 0 Å². The maximum absolute atomic E-state index is 13.0. The monoisotopic (exact) mass is 310 g/mol. The number of carbonyl (C=O) groups excluding carboxylic acids is 1. The quantitative estimate of drug-likeness (QED) is 0.794. The van der Waals surface area contributed by atoms with Gasteiger partial charge in [-0.05, 0) is 37.0 Å². The Balaban J connectivity index is 3.18. The lowest BCUT2D eigenvalue weighted by molar-refractivity contribution is 0.0641. The molecule has 1 rings (SSSR count). The lowest BCUT2D eigenvalue weighted by Gasteiger charge is -2.32. The first-order chi connectivity index (χ1) is 9.94. The molecule has 0 atom stereocenters. The summed E-state index contributed by atoms with van der Waals surface area (Å²) in [6, 6.07) is 5.68. The van der Waals surface area contributed by atoms with E-state index in [4.69, 9.17) is 11.6 Å². The van der Waals surface area contributed by atoms with Crippen molar-refractivity contribution in [3.8, 4) is 0 Å². The van der Waals surface area contributed by atoms with Crippen molar-refractivity contribution in [2.24, 2.45) is 5.92 Å². The summed E-state index contributed by atoms with van der Waals surface area (Å²) in [5.74, 6) is 0.496. The molecule has 1 aromatic rings. The summed E-state index contributed by atoms with van der Waals surface area (Å²) in [6.45, 7) is 9.30. The number of nitrogens with one attached hydrogen (secondary N) is 1. The summed E-state index contributed by atoms with van der Waals surface area (Å²) in [7, 11) is 1.82. The Labute approximate surface area is 133 Å². The Kier molecular flexibility index (Phi) is 7.03. The molecule has 0 saturated heterocycles. The highest BCUT2D eigenvalue weighted by atomic mass is 35.5. The minimum Gasteiger partial charge on any atom is -0.387 e. The second-order valence-corrected chi connectivity index (χ2v) is 6.20. The van der Waals surface area contributed by atoms with Crippen LogP contribution in [0.3, 0.4) is 0 Å². The molecule has 1 N–H and O–H groups in total. The zero-order valence-electron chi connectivity index (χ0n) is 13.7. The maximum atomic E-state index is 13.0. The van der Waals surface area contributed by atoms with Crippen molar-refractivity contribution >= 4 is 23.2 Å². The molecule has 0 aliphatic heterocycles. The van der Waals surface area contributed by atoms with Gasteiger partial charge in [0.25, 0.3) is 5.91 Å². The van der Waals surface area contributed by atoms with Crippen molar-refractivity contribution in [1.82, 2.24) is 4.90 Å². The molecule has 4 heteroatoms. The number of halogens is 1. The predicted molar refractivity (Wildman–Crippen MR) is 91.2 cm³/mol. The lowest BCUT2D eigenvalue weighted by Crippen LogP contribution is -2.42. The third-order valence-electron chi connectivity index (χ3n) is 3.69. The van der Waals surface area contributed by atoms with Crippen LogP contribution in [0.25, 0.3) is 0 Å². The van der Waals surface area contributed by atoms with Crippen LogP contribution < -0.4 is 5.32 Å². The summed E-state index contributed by atoms with van der Waals surface area (Å²) in [4.78, 5) is 15.0. The van der Waals surface area contributed by atoms with Gasteiger partial charge in [-0.15, -0.1) is 0 Å². The van der Waals surface area contributed by atoms with Gasteiger partial charge in [-0.1, -0.05) is 39.3 Å². The Morgan fingerprint density at radius 2 is 1.90 bits per heavy atom. The fraction of sp³-hybridized carbons (Fsp3) is 0.588. The van der Waals surface area contributed by atoms with E-state index >= 15 is 0 Å². The third kappa shape index (κ3) is 4.63. The first-order valence-electron chi connectivity index (χ1n) is 7.72. The third-order valence-corrected chi connectivity index (χ3v) is 3.92. The number of hydrogen-bond donors (Lipinski definition) is 1. The normalized spacial score (nSPS) is 11.0. The fourth-order valence-corrected chi connectivity index (χ4v) is 2.76. The van der Waals surface area contributed by atoms with Crippen LogP contribution >= 0.6 is 11.6 Å². The van der Waals surface area contributed by atoms with Crippen molar-refractivity contribution in [3.05, 3.63) is 28.8 Å². The summed E-state index contributed by atoms with van der Waals surface area (Å²) in [5.41, 5.74) is 1.47. The van der Waals surface area contributed by atoms with Crippen LogP contribution in [0.15, 0.2) is 18.2 Å². The largest absolute Gasteiger partial charge is 0.387 e. The van der Waals surface area contributed by atoms with Crippen LogP contribution in [0, 0.1) is 5.92 Å². The Morgan fingerprint density at radius 1 is 1.29 bits per heavy atom. The summed E-state index contributed by atoms with van der Waals surface area (Å²) in [6.07, 6.45) is 1.93. The van der Waals surface area contributed by atoms with Crippen LogP contribution in [-0.4, -0.2) is 30.4 Å². The molecule has 1 aromatic carbocycles. The standard InChI is InChI=1S/C17H27ClN2O/c1-6-14(7-2)20(11-12(3)4)17(21)15-10-13(18)8-9-16(15)19-5/h8-10,12,14,19H,6-7,11H2,1-5H3. The molecule has 118 valence electrons. The highest BCUT2D eigenvalue weighted by molar-refractivity contribution is 6.31. The van der Waals surface area contributed by atoms with E-state index in [0.717, 1.165) is 25.1 Å². The second kappa shape index (κ2) is 8.28. The van der Waals surface area contributed by atoms with E-state index in [-0.39, 0.29) is 11.9 Å². The minimum atomic E-state index is 0.0595. The number of anilines is 1. The van der Waals surface area contributed by atoms with Gasteiger partial charge in [0.05, 0.1) is 5.56 Å². The smallest absolute Gasteiger partial charge is 0.256 e. The highest BCUT2D eigenvalue weighted by Gasteiger charge is 2.25. The van der Waals surface area contributed by atoms with E-state index in [1.54, 1.807) is 12.1 Å². The SMILES string of the molecule is CCC(CC)N(CC(C)C)C(=O)c1cc(Cl)ccc1NC. The molecule has 0 bridgehead atoms. The number of hydrogen-bond acceptors (Lipinski definition) is 2. The van der Waals surface area contributed by atoms with Crippen LogP contribution in [-0.2, 0) is 0 Å². The van der Waals surface area contributed by atoms with Crippen molar-refractivity contribution in [2.45, 2.75) is 46.6 Å². The van der Waals surface area contributed by atoms with Crippen molar-refractivity contribution in [2.75, 3.05) is 18.9 Å². The van der Waals surface area contributed by atoms with E-state index < -0.39 is 0 Å². The molecule has 0 aromatic heterocycles. The average molecular weight is 311 g/mol. The molecule has 0 unspecified atom stereocenters. The molecule has 0 fully saturated rings. The molecule has 0 radical (unpaired) electrons. The fourth-order valence-electron chi connectivity index (χ4n) is 2.59. The molecule has 0 saturated carbocycles. The zero-order valence-corrected chi connectivity index (χ0v) is 14.5. The van der Waals surface area contributed by atoms with Gasteiger partial charge in [-0.25, -0.2) is 0 Å². The van der Waals surface area contributed by atoms with Gasteiger partial charge in [0.2, 0.25) is 0 Å². The van der Waals surface area contributed by atoms with Gasteiger partial charge in [-0.3, -0.25) is 4.79 Å². The average Bonchev–Trinajstić information content (AvgIpc) is 2.46. The molecule has 0 aliphatic rings. The van der Waals surface area contributed by atoms with Crippen LogP contribution in [0.1, 0.15) is 50.9 Å². The number of nitrogens with zero attached hydrogens (tertiary/aromatic N) is 1. The van der Waals surface area contributed by atoms with Gasteiger partial charge >= 0.3 is 0 Å². The maximum Gasteiger partial charge on any atom is 0.256 e. The predicted octanol–water partition coefficient (Wildman–Crippen LogP) is 4.67. The molecular formula is C17H27ClN2O. The zero-order chi connectivity index (χ0) is 16.0. The van der Waals surface area contributed by atoms with E-state index in [1.165, 1.54) is 0 Å². The highest BCUT2D eigenvalue weighted by Crippen LogP contribution is 2.24. The molecule has 1 amide bonds. The first kappa shape index (κ1) is 17.8. The molecule has 21 heavy (non-hydrogen) atoms. The minimum absolute atomic E-state index is 0.0595. The second-order valence-electron chi connectivity index (χ2n) is 5.76. The molecular weight excluding hydrogens is 284 g/mol. The number of rotatable bonds is 7. The number of amides is 1. The molecule has 3 nitrogen and oxygen atoms in total. The van der Waals surface area contributed by atoms with Crippen molar-refractivity contribution in [1.29, 1.82) is 0 Å². The Hall–Kier alpha value is -1.22. The van der Waals surface area contributed by atoms with Crippen LogP contribution in [0.4, 0.5) is 5.69 Å². The molecule has 0 spiro atoms. The summed E-state index contributed by atoms with van der Waals surface area (Å²) < 4.78 is 0. The van der Waals surface area contributed by atoms with Crippen molar-refractivity contribution in [3.63, 3.8) is 0 Å². The van der Waals surface area contributed by atoms with Crippen LogP contribution in [0.2, 0.25) is 5.02 Å². The number of benzene rings is 1. The molecule has 0 heterocycles. The van der Waals surface area contributed by atoms with Gasteiger partial charge in [0, 0.05) is 30.3 Å². The van der Waals surface area contributed by atoms with Gasteiger partial charge in [0.1, 0.15) is 0 Å². The Bertz CT molecular complexity index is 470. The number of carbonyl (C=O) groups is 1. The van der Waals surface area contributed by atoms with Gasteiger partial charge in [-0.2, -0.15) is 0 Å². The van der Waals surface area contributed by atoms with E-state index in [2.05, 4.69) is 33.0 Å². The topological polar surface area (TPSA) is 32.3 Å². The Morgan fingerprint density at radius 3 is 2.38 bits per heavy atom. The van der Waals surface area contributed by atoms with E-state index in [1.807, 2.05) is 18.0 Å². The van der Waals surface area contributed by atoms with Crippen molar-refractivity contribution < 1.29 is 4.79 Å². The van der Waals surface area contributed by atoms with Gasteiger partial charge in [0.15, 0.2) is 0 Å². The first-order valence-corrected chi connectivity index (χ1v) is 8.10. The van der Waals surface area contributed by atoms with E-state index in [9.17, 15) is 4.79 Å². The molecule has 0 aliphatic carbocycles. The van der Waals surface area contributed by atoms with E-state index in [0.29, 0.717) is 16.5 Å². The van der Waals surface area contributed by atoms with Gasteiger partial charge < -0.3 is 10.2 Å². The summed E-state index contributed by atoms with van der Waals surface area (Å²) >= 11 is 6.08. The lowest BCUT2D eigenvalue weighted by atomic mass is 10.0.